The number of aromatic nitrogens is 1. The van der Waals surface area contributed by atoms with Crippen LogP contribution in [-0.4, -0.2) is 33.5 Å². The number of rotatable bonds is 3. The zero-order valence-electron chi connectivity index (χ0n) is 13.6. The molecule has 2 heterocycles. The summed E-state index contributed by atoms with van der Waals surface area (Å²) in [7, 11) is 0. The molecule has 0 aliphatic carbocycles. The molecule has 24 heavy (non-hydrogen) atoms. The molecule has 3 rings (SSSR count). The van der Waals surface area contributed by atoms with Crippen molar-refractivity contribution in [1.82, 2.24) is 9.88 Å². The van der Waals surface area contributed by atoms with Crippen molar-refractivity contribution < 1.29 is 9.90 Å². The van der Waals surface area contributed by atoms with E-state index in [1.54, 1.807) is 0 Å². The Balaban J connectivity index is 1.82. The summed E-state index contributed by atoms with van der Waals surface area (Å²) in [6.07, 6.45) is 11.3. The maximum absolute atomic E-state index is 12.9. The first-order chi connectivity index (χ1) is 11.7. The van der Waals surface area contributed by atoms with Crippen molar-refractivity contribution in [2.24, 2.45) is 0 Å². The summed E-state index contributed by atoms with van der Waals surface area (Å²) in [6.45, 7) is 0.734. The second-order valence-corrected chi connectivity index (χ2v) is 6.12. The second kappa shape index (κ2) is 7.77. The molecule has 1 N–H and O–H groups in total. The van der Waals surface area contributed by atoms with Crippen LogP contribution in [0.1, 0.15) is 41.6 Å². The molecule has 0 radical (unpaired) electrons. The highest BCUT2D eigenvalue weighted by molar-refractivity contribution is 5.94. The highest BCUT2D eigenvalue weighted by Gasteiger charge is 2.25. The van der Waals surface area contributed by atoms with Gasteiger partial charge in [0.05, 0.1) is 17.8 Å². The number of hydrogen-bond donors (Lipinski definition) is 1. The zero-order valence-corrected chi connectivity index (χ0v) is 13.6. The summed E-state index contributed by atoms with van der Waals surface area (Å²) >= 11 is 0. The van der Waals surface area contributed by atoms with E-state index in [9.17, 15) is 9.90 Å². The molecule has 0 bridgehead atoms. The Morgan fingerprint density at radius 1 is 1.17 bits per heavy atom. The number of amides is 1. The predicted molar refractivity (Wildman–Crippen MR) is 94.7 cm³/mol. The van der Waals surface area contributed by atoms with Crippen molar-refractivity contribution in [3.05, 3.63) is 66.0 Å². The number of aromatic hydroxyl groups is 1. The van der Waals surface area contributed by atoms with Gasteiger partial charge >= 0.3 is 0 Å². The minimum Gasteiger partial charge on any atom is -0.506 e. The van der Waals surface area contributed by atoms with Gasteiger partial charge in [0.15, 0.2) is 0 Å². The number of pyridine rings is 1. The standard InChI is InChI=1S/C20H22N2O2/c23-19-13-17(14-21-15-19)20(24)22-12-6-2-5-9-18(22)11-10-16-7-3-1-4-8-16/h1,3-4,7-8,10-11,13-15,18,23H,2,5-6,9,12H2. The van der Waals surface area contributed by atoms with E-state index in [4.69, 9.17) is 0 Å². The Labute approximate surface area is 142 Å². The molecule has 1 amide bonds. The minimum atomic E-state index is -0.0667. The van der Waals surface area contributed by atoms with Crippen molar-refractivity contribution in [2.45, 2.75) is 31.7 Å². The van der Waals surface area contributed by atoms with Crippen molar-refractivity contribution in [3.63, 3.8) is 0 Å². The molecule has 1 fully saturated rings. The molecule has 0 spiro atoms. The first kappa shape index (κ1) is 16.2. The van der Waals surface area contributed by atoms with Crippen LogP contribution >= 0.6 is 0 Å². The number of nitrogens with zero attached hydrogens (tertiary/aromatic N) is 2. The summed E-state index contributed by atoms with van der Waals surface area (Å²) in [5.41, 5.74) is 1.57. The molecular formula is C20H22N2O2. The van der Waals surface area contributed by atoms with Crippen LogP contribution in [-0.2, 0) is 0 Å². The molecule has 1 aromatic heterocycles. The largest absolute Gasteiger partial charge is 0.506 e. The molecule has 1 unspecified atom stereocenters. The van der Waals surface area contributed by atoms with Crippen LogP contribution in [0, 0.1) is 0 Å². The average molecular weight is 322 g/mol. The van der Waals surface area contributed by atoms with Gasteiger partial charge in [-0.05, 0) is 24.5 Å². The Bertz CT molecular complexity index is 713. The summed E-state index contributed by atoms with van der Waals surface area (Å²) in [6, 6.07) is 11.7. The Morgan fingerprint density at radius 3 is 2.79 bits per heavy atom. The highest BCUT2D eigenvalue weighted by Crippen LogP contribution is 2.22. The van der Waals surface area contributed by atoms with Crippen molar-refractivity contribution in [3.8, 4) is 5.75 Å². The van der Waals surface area contributed by atoms with Gasteiger partial charge in [-0.3, -0.25) is 9.78 Å². The molecule has 4 nitrogen and oxygen atoms in total. The predicted octanol–water partition coefficient (Wildman–Crippen LogP) is 3.89. The number of carbonyl (C=O) groups excluding carboxylic acids is 1. The number of likely N-dealkylation sites (tertiary alicyclic amines) is 1. The third kappa shape index (κ3) is 4.02. The Kier molecular flexibility index (Phi) is 5.26. The summed E-state index contributed by atoms with van der Waals surface area (Å²) < 4.78 is 0. The number of hydrogen-bond acceptors (Lipinski definition) is 3. The monoisotopic (exact) mass is 322 g/mol. The molecule has 1 aromatic carbocycles. The van der Waals surface area contributed by atoms with Gasteiger partial charge < -0.3 is 10.0 Å². The minimum absolute atomic E-state index is 0.0204. The molecule has 4 heteroatoms. The van der Waals surface area contributed by atoms with Crippen LogP contribution < -0.4 is 0 Å². The molecule has 1 aliphatic heterocycles. The quantitative estimate of drug-likeness (QED) is 0.933. The van der Waals surface area contributed by atoms with Crippen molar-refractivity contribution in [1.29, 1.82) is 0 Å². The second-order valence-electron chi connectivity index (χ2n) is 6.12. The van der Waals surface area contributed by atoms with Gasteiger partial charge in [0.25, 0.3) is 5.91 Å². The lowest BCUT2D eigenvalue weighted by Crippen LogP contribution is -2.39. The smallest absolute Gasteiger partial charge is 0.256 e. The molecule has 2 aromatic rings. The Morgan fingerprint density at radius 2 is 2.00 bits per heavy atom. The third-order valence-electron chi connectivity index (χ3n) is 4.34. The van der Waals surface area contributed by atoms with E-state index in [0.29, 0.717) is 5.56 Å². The SMILES string of the molecule is O=C(c1cncc(O)c1)N1CCCCCC1C=Cc1ccccc1. The number of benzene rings is 1. The molecule has 1 saturated heterocycles. The van der Waals surface area contributed by atoms with Gasteiger partial charge in [0.2, 0.25) is 0 Å². The Hall–Kier alpha value is -2.62. The van der Waals surface area contributed by atoms with Gasteiger partial charge in [-0.25, -0.2) is 0 Å². The molecule has 1 atom stereocenters. The lowest BCUT2D eigenvalue weighted by Gasteiger charge is -2.28. The van der Waals surface area contributed by atoms with Crippen LogP contribution in [0.15, 0.2) is 54.9 Å². The average Bonchev–Trinajstić information content (AvgIpc) is 2.85. The van der Waals surface area contributed by atoms with E-state index in [-0.39, 0.29) is 17.7 Å². The molecule has 0 saturated carbocycles. The maximum Gasteiger partial charge on any atom is 0.256 e. The van der Waals surface area contributed by atoms with Crippen LogP contribution in [0.5, 0.6) is 5.75 Å². The maximum atomic E-state index is 12.9. The highest BCUT2D eigenvalue weighted by atomic mass is 16.3. The van der Waals surface area contributed by atoms with E-state index in [0.717, 1.165) is 37.8 Å². The van der Waals surface area contributed by atoms with E-state index < -0.39 is 0 Å². The fourth-order valence-electron chi connectivity index (χ4n) is 3.08. The van der Waals surface area contributed by atoms with E-state index in [1.165, 1.54) is 18.5 Å². The van der Waals surface area contributed by atoms with Gasteiger partial charge in [0, 0.05) is 12.7 Å². The summed E-state index contributed by atoms with van der Waals surface area (Å²) in [5.74, 6) is -0.0462. The van der Waals surface area contributed by atoms with Crippen LogP contribution in [0.25, 0.3) is 6.08 Å². The van der Waals surface area contributed by atoms with Crippen LogP contribution in [0.3, 0.4) is 0 Å². The van der Waals surface area contributed by atoms with Gasteiger partial charge in [0.1, 0.15) is 5.75 Å². The van der Waals surface area contributed by atoms with E-state index >= 15 is 0 Å². The third-order valence-corrected chi connectivity index (χ3v) is 4.34. The van der Waals surface area contributed by atoms with Crippen molar-refractivity contribution in [2.75, 3.05) is 6.54 Å². The summed E-state index contributed by atoms with van der Waals surface area (Å²) in [4.78, 5) is 18.7. The van der Waals surface area contributed by atoms with Crippen LogP contribution in [0.4, 0.5) is 0 Å². The first-order valence-corrected chi connectivity index (χ1v) is 8.42. The topological polar surface area (TPSA) is 53.4 Å². The lowest BCUT2D eigenvalue weighted by atomic mass is 10.1. The fraction of sp³-hybridized carbons (Fsp3) is 0.300. The lowest BCUT2D eigenvalue weighted by molar-refractivity contribution is 0.0717. The fourth-order valence-corrected chi connectivity index (χ4v) is 3.08. The van der Waals surface area contributed by atoms with Crippen LogP contribution in [0.2, 0.25) is 0 Å². The van der Waals surface area contributed by atoms with E-state index in [2.05, 4.69) is 29.3 Å². The normalized spacial score (nSPS) is 18.5. The number of carbonyl (C=O) groups is 1. The molecule has 1 aliphatic rings. The molecule has 124 valence electrons. The first-order valence-electron chi connectivity index (χ1n) is 8.42. The van der Waals surface area contributed by atoms with E-state index in [1.807, 2.05) is 23.1 Å². The van der Waals surface area contributed by atoms with Gasteiger partial charge in [-0.1, -0.05) is 55.3 Å². The van der Waals surface area contributed by atoms with Crippen molar-refractivity contribution >= 4 is 12.0 Å². The summed E-state index contributed by atoms with van der Waals surface area (Å²) in [5, 5.41) is 9.59. The zero-order chi connectivity index (χ0) is 16.8. The van der Waals surface area contributed by atoms with Gasteiger partial charge in [-0.2, -0.15) is 0 Å². The van der Waals surface area contributed by atoms with Gasteiger partial charge in [-0.15, -0.1) is 0 Å². The molecular weight excluding hydrogens is 300 g/mol.